The number of carbonyl (C=O) groups is 1. The summed E-state index contributed by atoms with van der Waals surface area (Å²) in [6.07, 6.45) is 8.41. The van der Waals surface area contributed by atoms with Gasteiger partial charge in [-0.2, -0.15) is 0 Å². The standard InChI is InChI=1S/C24H21FN2O2/c25-21-15-17(8-12-22(21)29-20-7-4-14-26-16-20)9-13-23(28)27-24(19-10-11-19)18-5-2-1-3-6-18/h1-9,12-16,19,24H,10-11H2,(H,27,28)/b13-9+. The molecule has 1 saturated carbocycles. The average molecular weight is 388 g/mol. The highest BCUT2D eigenvalue weighted by Gasteiger charge is 2.32. The minimum absolute atomic E-state index is 0.0142. The quantitative estimate of drug-likeness (QED) is 0.559. The van der Waals surface area contributed by atoms with E-state index in [9.17, 15) is 9.18 Å². The number of hydrogen-bond donors (Lipinski definition) is 1. The van der Waals surface area contributed by atoms with Crippen LogP contribution in [0.5, 0.6) is 11.5 Å². The second-order valence-electron chi connectivity index (χ2n) is 7.05. The van der Waals surface area contributed by atoms with Crippen LogP contribution in [0.25, 0.3) is 6.08 Å². The van der Waals surface area contributed by atoms with Crippen molar-refractivity contribution in [3.8, 4) is 11.5 Å². The number of nitrogens with one attached hydrogen (secondary N) is 1. The molecular formula is C24H21FN2O2. The minimum Gasteiger partial charge on any atom is -0.453 e. The Bertz CT molecular complexity index is 1000. The number of hydrogen-bond acceptors (Lipinski definition) is 3. The lowest BCUT2D eigenvalue weighted by Crippen LogP contribution is -2.28. The lowest BCUT2D eigenvalue weighted by atomic mass is 10.0. The van der Waals surface area contributed by atoms with Gasteiger partial charge in [-0.05, 0) is 60.2 Å². The Kier molecular flexibility index (Phi) is 5.66. The van der Waals surface area contributed by atoms with Crippen LogP contribution in [0.2, 0.25) is 0 Å². The molecule has 4 rings (SSSR count). The zero-order valence-electron chi connectivity index (χ0n) is 15.8. The first-order chi connectivity index (χ1) is 14.2. The number of halogens is 1. The van der Waals surface area contributed by atoms with Crippen LogP contribution in [0.3, 0.4) is 0 Å². The summed E-state index contributed by atoms with van der Waals surface area (Å²) < 4.78 is 19.8. The van der Waals surface area contributed by atoms with Gasteiger partial charge in [0.05, 0.1) is 12.2 Å². The number of ether oxygens (including phenoxy) is 1. The molecule has 1 fully saturated rings. The third-order valence-electron chi connectivity index (χ3n) is 4.80. The molecule has 0 radical (unpaired) electrons. The van der Waals surface area contributed by atoms with Crippen molar-refractivity contribution in [1.29, 1.82) is 0 Å². The van der Waals surface area contributed by atoms with E-state index in [1.807, 2.05) is 30.3 Å². The predicted molar refractivity (Wildman–Crippen MR) is 110 cm³/mol. The lowest BCUT2D eigenvalue weighted by molar-refractivity contribution is -0.117. The smallest absolute Gasteiger partial charge is 0.244 e. The molecule has 1 N–H and O–H groups in total. The molecule has 1 amide bonds. The molecule has 1 aliphatic carbocycles. The first-order valence-corrected chi connectivity index (χ1v) is 9.60. The Morgan fingerprint density at radius 2 is 1.97 bits per heavy atom. The molecule has 0 spiro atoms. The minimum atomic E-state index is -0.503. The highest BCUT2D eigenvalue weighted by atomic mass is 19.1. The number of benzene rings is 2. The van der Waals surface area contributed by atoms with Crippen molar-refractivity contribution in [2.24, 2.45) is 5.92 Å². The summed E-state index contributed by atoms with van der Waals surface area (Å²) in [6.45, 7) is 0. The van der Waals surface area contributed by atoms with Crippen molar-refractivity contribution >= 4 is 12.0 Å². The summed E-state index contributed by atoms with van der Waals surface area (Å²) >= 11 is 0. The van der Waals surface area contributed by atoms with Crippen LogP contribution in [-0.4, -0.2) is 10.9 Å². The van der Waals surface area contributed by atoms with E-state index in [0.29, 0.717) is 17.2 Å². The van der Waals surface area contributed by atoms with E-state index in [1.54, 1.807) is 30.5 Å². The lowest BCUT2D eigenvalue weighted by Gasteiger charge is -2.17. The van der Waals surface area contributed by atoms with Gasteiger partial charge in [0.2, 0.25) is 5.91 Å². The third-order valence-corrected chi connectivity index (χ3v) is 4.80. The van der Waals surface area contributed by atoms with Gasteiger partial charge < -0.3 is 10.1 Å². The van der Waals surface area contributed by atoms with Crippen molar-refractivity contribution in [2.45, 2.75) is 18.9 Å². The molecule has 1 aliphatic rings. The average Bonchev–Trinajstić information content (AvgIpc) is 3.59. The molecule has 0 saturated heterocycles. The highest BCUT2D eigenvalue weighted by molar-refractivity contribution is 5.92. The van der Waals surface area contributed by atoms with Gasteiger partial charge in [-0.15, -0.1) is 0 Å². The molecule has 1 unspecified atom stereocenters. The van der Waals surface area contributed by atoms with Gasteiger partial charge in [-0.1, -0.05) is 36.4 Å². The summed E-state index contributed by atoms with van der Waals surface area (Å²) in [5.74, 6) is 0.355. The largest absolute Gasteiger partial charge is 0.453 e. The number of rotatable bonds is 7. The Labute approximate surface area is 169 Å². The normalized spacial score (nSPS) is 14.5. The topological polar surface area (TPSA) is 51.2 Å². The molecule has 2 aromatic carbocycles. The summed E-state index contributed by atoms with van der Waals surface area (Å²) in [6, 6.07) is 18.0. The molecule has 5 heteroatoms. The number of pyridine rings is 1. The maximum absolute atomic E-state index is 14.3. The van der Waals surface area contributed by atoms with Gasteiger partial charge in [-0.3, -0.25) is 9.78 Å². The Hall–Kier alpha value is -3.47. The van der Waals surface area contributed by atoms with Crippen molar-refractivity contribution in [1.82, 2.24) is 10.3 Å². The number of nitrogens with zero attached hydrogens (tertiary/aromatic N) is 1. The molecule has 3 aromatic rings. The molecule has 1 atom stereocenters. The van der Waals surface area contributed by atoms with E-state index in [-0.39, 0.29) is 17.7 Å². The van der Waals surface area contributed by atoms with Crippen LogP contribution in [0, 0.1) is 11.7 Å². The van der Waals surface area contributed by atoms with Gasteiger partial charge in [0.15, 0.2) is 11.6 Å². The maximum atomic E-state index is 14.3. The monoisotopic (exact) mass is 388 g/mol. The van der Waals surface area contributed by atoms with Gasteiger partial charge >= 0.3 is 0 Å². The van der Waals surface area contributed by atoms with Crippen molar-refractivity contribution < 1.29 is 13.9 Å². The predicted octanol–water partition coefficient (Wildman–Crippen LogP) is 5.29. The number of aromatic nitrogens is 1. The molecule has 29 heavy (non-hydrogen) atoms. The number of carbonyl (C=O) groups excluding carboxylic acids is 1. The van der Waals surface area contributed by atoms with Crippen molar-refractivity contribution in [3.05, 3.63) is 96.1 Å². The van der Waals surface area contributed by atoms with Crippen molar-refractivity contribution in [3.63, 3.8) is 0 Å². The van der Waals surface area contributed by atoms with Crippen LogP contribution in [0.15, 0.2) is 79.1 Å². The Balaban J connectivity index is 1.40. The maximum Gasteiger partial charge on any atom is 0.244 e. The summed E-state index contributed by atoms with van der Waals surface area (Å²) in [7, 11) is 0. The van der Waals surface area contributed by atoms with Crippen LogP contribution in [0.4, 0.5) is 4.39 Å². The van der Waals surface area contributed by atoms with E-state index in [4.69, 9.17) is 4.74 Å². The molecule has 1 aromatic heterocycles. The van der Waals surface area contributed by atoms with E-state index in [0.717, 1.165) is 18.4 Å². The van der Waals surface area contributed by atoms with E-state index in [2.05, 4.69) is 10.3 Å². The van der Waals surface area contributed by atoms with Crippen molar-refractivity contribution in [2.75, 3.05) is 0 Å². The molecule has 0 bridgehead atoms. The van der Waals surface area contributed by atoms with E-state index >= 15 is 0 Å². The summed E-state index contributed by atoms with van der Waals surface area (Å²) in [5.41, 5.74) is 1.69. The fourth-order valence-corrected chi connectivity index (χ4v) is 3.17. The van der Waals surface area contributed by atoms with Gasteiger partial charge in [0.1, 0.15) is 5.75 Å². The zero-order chi connectivity index (χ0) is 20.1. The second-order valence-corrected chi connectivity index (χ2v) is 7.05. The van der Waals surface area contributed by atoms with Crippen LogP contribution in [-0.2, 0) is 4.79 Å². The molecule has 1 heterocycles. The summed E-state index contributed by atoms with van der Waals surface area (Å²) in [5, 5.41) is 3.07. The Morgan fingerprint density at radius 3 is 2.66 bits per heavy atom. The fraction of sp³-hybridized carbons (Fsp3) is 0.167. The van der Waals surface area contributed by atoms with Crippen LogP contribution in [0.1, 0.15) is 30.0 Å². The van der Waals surface area contributed by atoms with Gasteiger partial charge in [0, 0.05) is 12.3 Å². The zero-order valence-corrected chi connectivity index (χ0v) is 15.8. The van der Waals surface area contributed by atoms with Gasteiger partial charge in [-0.25, -0.2) is 4.39 Å². The van der Waals surface area contributed by atoms with Crippen LogP contribution >= 0.6 is 0 Å². The van der Waals surface area contributed by atoms with E-state index in [1.165, 1.54) is 24.4 Å². The first kappa shape index (κ1) is 18.9. The first-order valence-electron chi connectivity index (χ1n) is 9.60. The highest BCUT2D eigenvalue weighted by Crippen LogP contribution is 2.40. The molecule has 4 nitrogen and oxygen atoms in total. The summed E-state index contributed by atoms with van der Waals surface area (Å²) in [4.78, 5) is 16.3. The third kappa shape index (κ3) is 5.08. The van der Waals surface area contributed by atoms with E-state index < -0.39 is 5.82 Å². The second kappa shape index (κ2) is 8.69. The fourth-order valence-electron chi connectivity index (χ4n) is 3.17. The van der Waals surface area contributed by atoms with Gasteiger partial charge in [0.25, 0.3) is 0 Å². The molecule has 146 valence electrons. The Morgan fingerprint density at radius 1 is 1.14 bits per heavy atom. The molecular weight excluding hydrogens is 367 g/mol. The van der Waals surface area contributed by atoms with Crippen LogP contribution < -0.4 is 10.1 Å². The number of amides is 1. The SMILES string of the molecule is O=C(/C=C/c1ccc(Oc2cccnc2)c(F)c1)NC(c1ccccc1)C1CC1. The molecule has 0 aliphatic heterocycles.